The smallest absolute Gasteiger partial charge is 0.326 e. The van der Waals surface area contributed by atoms with Crippen LogP contribution in [0.5, 0.6) is 0 Å². The Morgan fingerprint density at radius 3 is 1.75 bits per heavy atom. The Bertz CT molecular complexity index is 1730. The van der Waals surface area contributed by atoms with Crippen LogP contribution in [0.2, 0.25) is 0 Å². The number of hydrogen-bond donors (Lipinski definition) is 10. The molecule has 55 heavy (non-hydrogen) atoms. The molecule has 3 rings (SSSR count). The lowest BCUT2D eigenvalue weighted by Gasteiger charge is -2.25. The fourth-order valence-corrected chi connectivity index (χ4v) is 5.48. The zero-order chi connectivity index (χ0) is 40.3. The fourth-order valence-electron chi connectivity index (χ4n) is 5.48. The number of nitrogens with zero attached hydrogens (tertiary/aromatic N) is 1. The summed E-state index contributed by atoms with van der Waals surface area (Å²) in [5.74, 6) is -6.96. The first-order valence-corrected chi connectivity index (χ1v) is 17.7. The van der Waals surface area contributed by atoms with Gasteiger partial charge < -0.3 is 53.2 Å². The van der Waals surface area contributed by atoms with Crippen LogP contribution in [0.15, 0.2) is 73.2 Å². The van der Waals surface area contributed by atoms with E-state index in [2.05, 4.69) is 36.6 Å². The maximum absolute atomic E-state index is 13.7. The number of aliphatic carboxylic acids is 2. The number of amides is 5. The normalized spacial score (nSPS) is 14.2. The van der Waals surface area contributed by atoms with E-state index in [1.807, 2.05) is 6.07 Å². The lowest BCUT2D eigenvalue weighted by molar-refractivity contribution is -0.142. The van der Waals surface area contributed by atoms with Gasteiger partial charge in [0.1, 0.15) is 30.2 Å². The number of rotatable bonds is 23. The zero-order valence-corrected chi connectivity index (χ0v) is 30.4. The molecule has 18 heteroatoms. The highest BCUT2D eigenvalue weighted by molar-refractivity contribution is 5.97. The third-order valence-corrected chi connectivity index (χ3v) is 8.49. The molecule has 0 saturated heterocycles. The Morgan fingerprint density at radius 1 is 0.673 bits per heavy atom. The quantitative estimate of drug-likeness (QED) is 0.0515. The summed E-state index contributed by atoms with van der Waals surface area (Å²) in [6, 6.07) is 9.75. The Kier molecular flexibility index (Phi) is 17.4. The van der Waals surface area contributed by atoms with Crippen molar-refractivity contribution in [1.82, 2.24) is 36.6 Å². The molecule has 0 bridgehead atoms. The summed E-state index contributed by atoms with van der Waals surface area (Å²) in [5.41, 5.74) is 13.5. The van der Waals surface area contributed by atoms with Crippen molar-refractivity contribution in [3.63, 3.8) is 0 Å². The molecule has 18 nitrogen and oxygen atoms in total. The van der Waals surface area contributed by atoms with Crippen LogP contribution < -0.4 is 38.1 Å². The Hall–Kier alpha value is -6.14. The SMILES string of the molecule is C[C@H](NC(=O)[C@H](CC(=O)O)NC(=O)[C@H](Cc1ccccc1)NC(=O)[C@@H](N)Cc1ccccc1)C(=O)N[C@@H](Cc1cnc[nH]1)C(=O)N[C@@H](CCCCN)C(=O)O. The predicted octanol–water partition coefficient (Wildman–Crippen LogP) is -1.10. The van der Waals surface area contributed by atoms with Crippen LogP contribution in [0.25, 0.3) is 0 Å². The van der Waals surface area contributed by atoms with Gasteiger partial charge in [0.05, 0.1) is 18.8 Å². The number of imidazole rings is 1. The minimum absolute atomic E-state index is 0.0216. The van der Waals surface area contributed by atoms with Gasteiger partial charge in [0.25, 0.3) is 0 Å². The van der Waals surface area contributed by atoms with Crippen molar-refractivity contribution in [3.8, 4) is 0 Å². The lowest BCUT2D eigenvalue weighted by Crippen LogP contribution is -2.59. The molecular formula is C37H49N9O9. The first-order chi connectivity index (χ1) is 26.3. The highest BCUT2D eigenvalue weighted by atomic mass is 16.4. The number of benzene rings is 2. The number of aromatic nitrogens is 2. The van der Waals surface area contributed by atoms with E-state index in [0.29, 0.717) is 30.6 Å². The van der Waals surface area contributed by atoms with E-state index in [0.717, 1.165) is 5.56 Å². The van der Waals surface area contributed by atoms with Crippen molar-refractivity contribution in [2.45, 2.75) is 88.1 Å². The molecule has 2 aromatic carbocycles. The molecule has 0 aliphatic rings. The molecule has 0 spiro atoms. The van der Waals surface area contributed by atoms with Gasteiger partial charge in [-0.05, 0) is 50.3 Å². The van der Waals surface area contributed by atoms with E-state index < -0.39 is 84.1 Å². The maximum atomic E-state index is 13.7. The zero-order valence-electron chi connectivity index (χ0n) is 30.4. The van der Waals surface area contributed by atoms with Gasteiger partial charge in [-0.15, -0.1) is 0 Å². The average molecular weight is 764 g/mol. The summed E-state index contributed by atoms with van der Waals surface area (Å²) in [6.45, 7) is 1.62. The topological polar surface area (TPSA) is 301 Å². The van der Waals surface area contributed by atoms with Gasteiger partial charge in [0, 0.05) is 24.7 Å². The van der Waals surface area contributed by atoms with E-state index >= 15 is 0 Å². The van der Waals surface area contributed by atoms with Crippen molar-refractivity contribution in [2.75, 3.05) is 6.54 Å². The fraction of sp³-hybridized carbons (Fsp3) is 0.405. The van der Waals surface area contributed by atoms with Crippen LogP contribution >= 0.6 is 0 Å². The number of nitrogens with one attached hydrogen (secondary N) is 6. The minimum atomic E-state index is -1.69. The number of nitrogens with two attached hydrogens (primary N) is 2. The maximum Gasteiger partial charge on any atom is 0.326 e. The molecule has 0 aliphatic heterocycles. The van der Waals surface area contributed by atoms with Crippen LogP contribution in [-0.2, 0) is 52.8 Å². The highest BCUT2D eigenvalue weighted by Gasteiger charge is 2.33. The summed E-state index contributed by atoms with van der Waals surface area (Å²) in [4.78, 5) is 97.2. The molecule has 3 aromatic rings. The molecular weight excluding hydrogens is 714 g/mol. The van der Waals surface area contributed by atoms with Crippen LogP contribution in [0.4, 0.5) is 0 Å². The second kappa shape index (κ2) is 22.2. The summed E-state index contributed by atoms with van der Waals surface area (Å²) in [6.07, 6.45) is 3.00. The van der Waals surface area contributed by atoms with E-state index in [1.54, 1.807) is 54.6 Å². The number of carbonyl (C=O) groups is 7. The summed E-state index contributed by atoms with van der Waals surface area (Å²) >= 11 is 0. The second-order valence-electron chi connectivity index (χ2n) is 13.0. The average Bonchev–Trinajstić information content (AvgIpc) is 3.67. The van der Waals surface area contributed by atoms with Crippen molar-refractivity contribution >= 4 is 41.5 Å². The van der Waals surface area contributed by atoms with Crippen LogP contribution in [0, 0.1) is 0 Å². The minimum Gasteiger partial charge on any atom is -0.481 e. The molecule has 1 heterocycles. The first-order valence-electron chi connectivity index (χ1n) is 17.7. The van der Waals surface area contributed by atoms with E-state index in [1.165, 1.54) is 19.4 Å². The van der Waals surface area contributed by atoms with Gasteiger partial charge in [-0.1, -0.05) is 60.7 Å². The van der Waals surface area contributed by atoms with Crippen LogP contribution in [0.3, 0.4) is 0 Å². The Labute approximate surface area is 317 Å². The molecule has 0 aliphatic carbocycles. The summed E-state index contributed by atoms with van der Waals surface area (Å²) < 4.78 is 0. The molecule has 1 aromatic heterocycles. The largest absolute Gasteiger partial charge is 0.481 e. The van der Waals surface area contributed by atoms with E-state index in [-0.39, 0.29) is 25.7 Å². The second-order valence-corrected chi connectivity index (χ2v) is 13.0. The molecule has 0 saturated carbocycles. The number of hydrogen-bond acceptors (Lipinski definition) is 10. The molecule has 12 N–H and O–H groups in total. The number of H-pyrrole nitrogens is 1. The van der Waals surface area contributed by atoms with Gasteiger partial charge in [0.2, 0.25) is 29.5 Å². The van der Waals surface area contributed by atoms with Crippen molar-refractivity contribution in [2.24, 2.45) is 11.5 Å². The number of carboxylic acid groups (broad SMARTS) is 2. The highest BCUT2D eigenvalue weighted by Crippen LogP contribution is 2.08. The molecule has 0 radical (unpaired) electrons. The lowest BCUT2D eigenvalue weighted by atomic mass is 10.0. The first kappa shape index (κ1) is 43.3. The van der Waals surface area contributed by atoms with Gasteiger partial charge in [-0.3, -0.25) is 28.8 Å². The Balaban J connectivity index is 1.73. The van der Waals surface area contributed by atoms with Gasteiger partial charge in [-0.25, -0.2) is 9.78 Å². The van der Waals surface area contributed by atoms with Crippen molar-refractivity contribution in [3.05, 3.63) is 90.0 Å². The summed E-state index contributed by atoms with van der Waals surface area (Å²) in [7, 11) is 0. The van der Waals surface area contributed by atoms with Gasteiger partial charge in [0.15, 0.2) is 0 Å². The molecule has 6 atom stereocenters. The predicted molar refractivity (Wildman–Crippen MR) is 199 cm³/mol. The van der Waals surface area contributed by atoms with Crippen molar-refractivity contribution < 1.29 is 43.8 Å². The number of carboxylic acids is 2. The molecule has 5 amide bonds. The Morgan fingerprint density at radius 2 is 1.20 bits per heavy atom. The van der Waals surface area contributed by atoms with Crippen molar-refractivity contribution in [1.29, 1.82) is 0 Å². The summed E-state index contributed by atoms with van der Waals surface area (Å²) in [5, 5.41) is 31.6. The van der Waals surface area contributed by atoms with Crippen LogP contribution in [0.1, 0.15) is 49.4 Å². The number of aromatic amines is 1. The molecule has 0 fully saturated rings. The van der Waals surface area contributed by atoms with E-state index in [4.69, 9.17) is 11.5 Å². The third-order valence-electron chi connectivity index (χ3n) is 8.49. The number of carbonyl (C=O) groups excluding carboxylic acids is 5. The monoisotopic (exact) mass is 763 g/mol. The van der Waals surface area contributed by atoms with Crippen LogP contribution in [-0.4, -0.2) is 104 Å². The van der Waals surface area contributed by atoms with Gasteiger partial charge >= 0.3 is 11.9 Å². The number of unbranched alkanes of at least 4 members (excludes halogenated alkanes) is 1. The van der Waals surface area contributed by atoms with E-state index in [9.17, 15) is 43.8 Å². The third kappa shape index (κ3) is 15.0. The standard InChI is InChI=1S/C37H49N9O9/c1-22(32(49)44-29(18-25-20-40-21-41-25)36(53)43-27(37(54)55)14-8-9-15-38)42-34(51)30(19-31(47)48)46-35(52)28(17-24-12-6-3-7-13-24)45-33(50)26(39)16-23-10-4-2-5-11-23/h2-7,10-13,20-22,26-30H,8-9,14-19,38-39H2,1H3,(H,40,41)(H,42,51)(H,43,53)(H,44,49)(H,45,50)(H,46,52)(H,47,48)(H,54,55)/t22-,26-,27-,28-,29-,30-/m0/s1. The van der Waals surface area contributed by atoms with Gasteiger partial charge in [-0.2, -0.15) is 0 Å². The molecule has 296 valence electrons. The molecule has 0 unspecified atom stereocenters.